The van der Waals surface area contributed by atoms with E-state index in [0.717, 1.165) is 0 Å². The number of rotatable bonds is 1. The normalized spacial score (nSPS) is 10.9. The van der Waals surface area contributed by atoms with Crippen molar-refractivity contribution in [3.63, 3.8) is 0 Å². The molecule has 2 heterocycles. The first-order chi connectivity index (χ1) is 8.66. The van der Waals surface area contributed by atoms with E-state index in [4.69, 9.17) is 5.73 Å². The van der Waals surface area contributed by atoms with E-state index in [0.29, 0.717) is 21.7 Å². The van der Waals surface area contributed by atoms with Gasteiger partial charge < -0.3 is 5.73 Å². The van der Waals surface area contributed by atoms with Gasteiger partial charge in [-0.05, 0) is 24.3 Å². The molecule has 6 nitrogen and oxygen atoms in total. The molecule has 6 heteroatoms. The van der Waals surface area contributed by atoms with Crippen molar-refractivity contribution in [2.24, 2.45) is 0 Å². The van der Waals surface area contributed by atoms with E-state index in [1.54, 1.807) is 24.4 Å². The van der Waals surface area contributed by atoms with Gasteiger partial charge in [0.25, 0.3) is 0 Å². The van der Waals surface area contributed by atoms with Crippen molar-refractivity contribution in [2.75, 3.05) is 5.73 Å². The zero-order chi connectivity index (χ0) is 12.7. The topological polar surface area (TPSA) is 94.9 Å². The molecule has 0 radical (unpaired) electrons. The third-order valence-electron chi connectivity index (χ3n) is 2.77. The smallest absolute Gasteiger partial charge is 0.303 e. The predicted molar refractivity (Wildman–Crippen MR) is 68.1 cm³/mol. The molecule has 0 saturated heterocycles. The summed E-state index contributed by atoms with van der Waals surface area (Å²) in [6, 6.07) is 6.76. The number of nitrogens with two attached hydrogens (primary N) is 1. The number of hydrogen-bond acceptors (Lipinski definition) is 5. The zero-order valence-corrected chi connectivity index (χ0v) is 9.20. The summed E-state index contributed by atoms with van der Waals surface area (Å²) in [6.07, 6.45) is 3.12. The van der Waals surface area contributed by atoms with Crippen LogP contribution in [0.15, 0.2) is 36.7 Å². The minimum Gasteiger partial charge on any atom is -0.384 e. The first kappa shape index (κ1) is 10.4. The number of nitrogens with zero attached hydrogens (tertiary/aromatic N) is 3. The SMILES string of the molecule is Nc1ccc2cc3cnccc3c([N+](=O)[O-])c2n1. The quantitative estimate of drug-likeness (QED) is 0.400. The van der Waals surface area contributed by atoms with Crippen LogP contribution in [0.25, 0.3) is 21.7 Å². The zero-order valence-electron chi connectivity index (χ0n) is 9.20. The van der Waals surface area contributed by atoms with Gasteiger partial charge in [-0.1, -0.05) is 0 Å². The maximum Gasteiger partial charge on any atom is 0.303 e. The molecule has 0 amide bonds. The van der Waals surface area contributed by atoms with Crippen LogP contribution < -0.4 is 5.73 Å². The van der Waals surface area contributed by atoms with Gasteiger partial charge in [-0.2, -0.15) is 0 Å². The van der Waals surface area contributed by atoms with Crippen LogP contribution in [0, 0.1) is 10.1 Å². The highest BCUT2D eigenvalue weighted by atomic mass is 16.6. The third-order valence-corrected chi connectivity index (χ3v) is 2.77. The summed E-state index contributed by atoms with van der Waals surface area (Å²) in [7, 11) is 0. The molecule has 0 aliphatic heterocycles. The largest absolute Gasteiger partial charge is 0.384 e. The highest BCUT2D eigenvalue weighted by Gasteiger charge is 2.18. The Kier molecular flexibility index (Phi) is 2.09. The number of nitro groups is 1. The van der Waals surface area contributed by atoms with Crippen molar-refractivity contribution < 1.29 is 4.92 Å². The van der Waals surface area contributed by atoms with E-state index >= 15 is 0 Å². The van der Waals surface area contributed by atoms with Crippen LogP contribution >= 0.6 is 0 Å². The number of nitro benzene ring substituents is 1. The van der Waals surface area contributed by atoms with Crippen LogP contribution in [0.3, 0.4) is 0 Å². The molecule has 0 bridgehead atoms. The predicted octanol–water partition coefficient (Wildman–Crippen LogP) is 2.27. The van der Waals surface area contributed by atoms with Crippen molar-refractivity contribution in [3.8, 4) is 0 Å². The number of aromatic nitrogens is 2. The fourth-order valence-corrected chi connectivity index (χ4v) is 2.01. The lowest BCUT2D eigenvalue weighted by Gasteiger charge is -2.04. The van der Waals surface area contributed by atoms with Crippen LogP contribution in [0.5, 0.6) is 0 Å². The van der Waals surface area contributed by atoms with E-state index in [-0.39, 0.29) is 11.5 Å². The minimum atomic E-state index is -0.433. The lowest BCUT2D eigenvalue weighted by molar-refractivity contribution is -0.381. The van der Waals surface area contributed by atoms with Crippen molar-refractivity contribution in [2.45, 2.75) is 0 Å². The molecule has 0 unspecified atom stereocenters. The summed E-state index contributed by atoms with van der Waals surface area (Å²) < 4.78 is 0. The molecule has 0 atom stereocenters. The Morgan fingerprint density at radius 1 is 1.22 bits per heavy atom. The monoisotopic (exact) mass is 240 g/mol. The molecule has 88 valence electrons. The molecule has 1 aromatic carbocycles. The second-order valence-electron chi connectivity index (χ2n) is 3.89. The number of fused-ring (bicyclic) bond motifs is 2. The fraction of sp³-hybridized carbons (Fsp3) is 0. The van der Waals surface area contributed by atoms with Gasteiger partial charge in [0, 0.05) is 23.2 Å². The molecule has 3 aromatic rings. The molecule has 0 fully saturated rings. The van der Waals surface area contributed by atoms with E-state index < -0.39 is 4.92 Å². The number of pyridine rings is 2. The lowest BCUT2D eigenvalue weighted by atomic mass is 10.1. The molecule has 0 aliphatic rings. The molecule has 0 spiro atoms. The van der Waals surface area contributed by atoms with Gasteiger partial charge in [-0.25, -0.2) is 4.98 Å². The number of hydrogen-bond donors (Lipinski definition) is 1. The Morgan fingerprint density at radius 3 is 2.83 bits per heavy atom. The average molecular weight is 240 g/mol. The Morgan fingerprint density at radius 2 is 2.06 bits per heavy atom. The fourth-order valence-electron chi connectivity index (χ4n) is 2.01. The molecular formula is C12H8N4O2. The molecule has 2 aromatic heterocycles. The second-order valence-corrected chi connectivity index (χ2v) is 3.89. The standard InChI is InChI=1S/C12H8N4O2/c13-10-2-1-7-5-8-6-14-4-3-9(8)12(16(17)18)11(7)15-10/h1-6H,(H2,13,15). The number of anilines is 1. The summed E-state index contributed by atoms with van der Waals surface area (Å²) in [5.74, 6) is 0.263. The maximum atomic E-state index is 11.2. The molecular weight excluding hydrogens is 232 g/mol. The summed E-state index contributed by atoms with van der Waals surface area (Å²) in [5, 5.41) is 13.1. The Hall–Kier alpha value is -2.76. The summed E-state index contributed by atoms with van der Waals surface area (Å²) in [5.41, 5.74) is 5.86. The maximum absolute atomic E-state index is 11.2. The van der Waals surface area contributed by atoms with E-state index in [1.807, 2.05) is 6.07 Å². The van der Waals surface area contributed by atoms with Crippen LogP contribution in [0.4, 0.5) is 11.5 Å². The van der Waals surface area contributed by atoms with Gasteiger partial charge in [0.05, 0.1) is 10.3 Å². The summed E-state index contributed by atoms with van der Waals surface area (Å²) >= 11 is 0. The van der Waals surface area contributed by atoms with E-state index in [1.165, 1.54) is 6.20 Å². The molecule has 18 heavy (non-hydrogen) atoms. The van der Waals surface area contributed by atoms with Gasteiger partial charge in [-0.3, -0.25) is 15.1 Å². The van der Waals surface area contributed by atoms with Gasteiger partial charge in [0.2, 0.25) is 0 Å². The van der Waals surface area contributed by atoms with Crippen molar-refractivity contribution >= 4 is 33.2 Å². The molecule has 0 aliphatic carbocycles. The van der Waals surface area contributed by atoms with Crippen LogP contribution in [0.2, 0.25) is 0 Å². The van der Waals surface area contributed by atoms with Crippen molar-refractivity contribution in [3.05, 3.63) is 46.8 Å². The van der Waals surface area contributed by atoms with Crippen LogP contribution in [-0.4, -0.2) is 14.9 Å². The van der Waals surface area contributed by atoms with Crippen molar-refractivity contribution in [1.29, 1.82) is 0 Å². The second kappa shape index (κ2) is 3.63. The highest BCUT2D eigenvalue weighted by molar-refractivity contribution is 6.06. The first-order valence-electron chi connectivity index (χ1n) is 5.24. The molecule has 2 N–H and O–H groups in total. The van der Waals surface area contributed by atoms with Crippen molar-refractivity contribution in [1.82, 2.24) is 9.97 Å². The van der Waals surface area contributed by atoms with Crippen LogP contribution in [0.1, 0.15) is 0 Å². The average Bonchev–Trinajstić information content (AvgIpc) is 2.35. The Labute approximate surface area is 101 Å². The van der Waals surface area contributed by atoms with E-state index in [2.05, 4.69) is 9.97 Å². The van der Waals surface area contributed by atoms with Gasteiger partial charge in [-0.15, -0.1) is 0 Å². The van der Waals surface area contributed by atoms with Gasteiger partial charge in [0.15, 0.2) is 5.52 Å². The number of non-ortho nitro benzene ring substituents is 1. The highest BCUT2D eigenvalue weighted by Crippen LogP contribution is 2.33. The lowest BCUT2D eigenvalue weighted by Crippen LogP contribution is -1.96. The van der Waals surface area contributed by atoms with Crippen LogP contribution in [-0.2, 0) is 0 Å². The Balaban J connectivity index is 2.59. The Bertz CT molecular complexity index is 785. The number of nitrogen functional groups attached to an aromatic ring is 1. The van der Waals surface area contributed by atoms with E-state index in [9.17, 15) is 10.1 Å². The first-order valence-corrected chi connectivity index (χ1v) is 5.24. The minimum absolute atomic E-state index is 0.0304. The molecule has 3 rings (SSSR count). The summed E-state index contributed by atoms with van der Waals surface area (Å²) in [4.78, 5) is 18.8. The third kappa shape index (κ3) is 1.43. The van der Waals surface area contributed by atoms with Gasteiger partial charge >= 0.3 is 5.69 Å². The number of benzene rings is 1. The van der Waals surface area contributed by atoms with Gasteiger partial charge in [0.1, 0.15) is 5.82 Å². The molecule has 0 saturated carbocycles. The summed E-state index contributed by atoms with van der Waals surface area (Å²) in [6.45, 7) is 0.